The molecule has 0 unspecified atom stereocenters. The van der Waals surface area contributed by atoms with Crippen LogP contribution in [0.15, 0.2) is 40.2 Å². The third kappa shape index (κ3) is 2.78. The van der Waals surface area contributed by atoms with Crippen molar-refractivity contribution in [3.05, 3.63) is 51.5 Å². The molecule has 3 aromatic rings. The smallest absolute Gasteiger partial charge is 0.315 e. The summed E-state index contributed by atoms with van der Waals surface area (Å²) in [5.74, 6) is 0. The van der Waals surface area contributed by atoms with Crippen molar-refractivity contribution in [3.63, 3.8) is 0 Å². The van der Waals surface area contributed by atoms with Crippen molar-refractivity contribution in [3.8, 4) is 0 Å². The van der Waals surface area contributed by atoms with Gasteiger partial charge in [0.25, 0.3) is 0 Å². The molecular weight excluding hydrogens is 274 g/mol. The number of nitrogens with zero attached hydrogens (tertiary/aromatic N) is 4. The minimum atomic E-state index is -0.123. The van der Waals surface area contributed by atoms with Crippen LogP contribution < -0.4 is 11.0 Å². The first kappa shape index (κ1) is 13.0. The Morgan fingerprint density at radius 3 is 3.10 bits per heavy atom. The van der Waals surface area contributed by atoms with Crippen molar-refractivity contribution < 1.29 is 0 Å². The summed E-state index contributed by atoms with van der Waals surface area (Å²) < 4.78 is 2.97. The molecule has 0 bridgehead atoms. The van der Waals surface area contributed by atoms with Crippen molar-refractivity contribution in [2.45, 2.75) is 13.0 Å². The fourth-order valence-electron chi connectivity index (χ4n) is 2.00. The minimum Gasteiger partial charge on any atom is -0.315 e. The van der Waals surface area contributed by atoms with E-state index in [9.17, 15) is 4.79 Å². The highest BCUT2D eigenvalue weighted by Gasteiger charge is 2.05. The molecule has 6 nitrogen and oxygen atoms in total. The second-order valence-corrected chi connectivity index (χ2v) is 5.22. The maximum atomic E-state index is 12.0. The van der Waals surface area contributed by atoms with Crippen molar-refractivity contribution in [1.82, 2.24) is 24.5 Å². The number of nitrogens with one attached hydrogen (secondary N) is 1. The highest BCUT2D eigenvalue weighted by Crippen LogP contribution is 2.05. The Bertz CT molecular complexity index is 731. The molecule has 0 saturated carbocycles. The molecule has 104 valence electrons. The molecule has 0 atom stereocenters. The van der Waals surface area contributed by atoms with Gasteiger partial charge in [0, 0.05) is 18.9 Å². The molecule has 3 aromatic heterocycles. The summed E-state index contributed by atoms with van der Waals surface area (Å²) in [6.45, 7) is 2.19. The van der Waals surface area contributed by atoms with Crippen molar-refractivity contribution in [2.24, 2.45) is 0 Å². The number of rotatable bonds is 6. The Balaban J connectivity index is 1.52. The first-order chi connectivity index (χ1) is 9.84. The van der Waals surface area contributed by atoms with E-state index in [4.69, 9.17) is 0 Å². The van der Waals surface area contributed by atoms with Crippen LogP contribution in [-0.2, 0) is 13.0 Å². The Hall–Kier alpha value is -1.99. The summed E-state index contributed by atoms with van der Waals surface area (Å²) in [5, 5.41) is 11.8. The summed E-state index contributed by atoms with van der Waals surface area (Å²) in [4.78, 5) is 15.9. The lowest BCUT2D eigenvalue weighted by molar-refractivity contribution is 0.543. The van der Waals surface area contributed by atoms with E-state index in [-0.39, 0.29) is 5.69 Å². The molecule has 0 saturated heterocycles. The lowest BCUT2D eigenvalue weighted by Crippen LogP contribution is -2.28. The molecule has 0 fully saturated rings. The van der Waals surface area contributed by atoms with E-state index in [2.05, 4.69) is 32.2 Å². The molecule has 0 aliphatic rings. The fraction of sp³-hybridized carbons (Fsp3) is 0.308. The van der Waals surface area contributed by atoms with Gasteiger partial charge >= 0.3 is 5.69 Å². The van der Waals surface area contributed by atoms with Crippen LogP contribution in [0.25, 0.3) is 5.65 Å². The van der Waals surface area contributed by atoms with Crippen LogP contribution in [0.1, 0.15) is 5.56 Å². The average Bonchev–Trinajstić information content (AvgIpc) is 3.08. The predicted molar refractivity (Wildman–Crippen MR) is 78.1 cm³/mol. The van der Waals surface area contributed by atoms with Crippen molar-refractivity contribution >= 4 is 17.0 Å². The van der Waals surface area contributed by atoms with Crippen molar-refractivity contribution in [1.29, 1.82) is 0 Å². The van der Waals surface area contributed by atoms with Crippen LogP contribution in [-0.4, -0.2) is 32.3 Å². The zero-order valence-electron chi connectivity index (χ0n) is 10.9. The van der Waals surface area contributed by atoms with Gasteiger partial charge in [-0.25, -0.2) is 13.9 Å². The SMILES string of the molecule is O=c1n(CCNCCc2ccsc2)nc2cnccn12. The molecule has 0 aromatic carbocycles. The van der Waals surface area contributed by atoms with Crippen LogP contribution >= 0.6 is 11.3 Å². The lowest BCUT2D eigenvalue weighted by Gasteiger charge is -2.03. The van der Waals surface area contributed by atoms with Crippen LogP contribution in [0.4, 0.5) is 0 Å². The highest BCUT2D eigenvalue weighted by atomic mass is 32.1. The van der Waals surface area contributed by atoms with Gasteiger partial charge in [0.1, 0.15) is 0 Å². The summed E-state index contributed by atoms with van der Waals surface area (Å²) >= 11 is 1.71. The molecule has 20 heavy (non-hydrogen) atoms. The number of thiophene rings is 1. The maximum Gasteiger partial charge on any atom is 0.350 e. The Kier molecular flexibility index (Phi) is 3.89. The lowest BCUT2D eigenvalue weighted by atomic mass is 10.2. The van der Waals surface area contributed by atoms with E-state index in [0.29, 0.717) is 12.2 Å². The summed E-state index contributed by atoms with van der Waals surface area (Å²) in [6, 6.07) is 2.13. The van der Waals surface area contributed by atoms with Gasteiger partial charge in [-0.3, -0.25) is 4.98 Å². The Labute approximate surface area is 119 Å². The number of hydrogen-bond donors (Lipinski definition) is 1. The van der Waals surface area contributed by atoms with Crippen LogP contribution in [0.5, 0.6) is 0 Å². The van der Waals surface area contributed by atoms with E-state index in [1.165, 1.54) is 14.6 Å². The van der Waals surface area contributed by atoms with Gasteiger partial charge in [0.15, 0.2) is 5.65 Å². The van der Waals surface area contributed by atoms with E-state index in [0.717, 1.165) is 19.5 Å². The fourth-order valence-corrected chi connectivity index (χ4v) is 2.71. The van der Waals surface area contributed by atoms with E-state index < -0.39 is 0 Å². The molecule has 0 radical (unpaired) electrons. The van der Waals surface area contributed by atoms with Gasteiger partial charge < -0.3 is 5.32 Å². The number of fused-ring (bicyclic) bond motifs is 1. The van der Waals surface area contributed by atoms with E-state index in [1.54, 1.807) is 29.9 Å². The standard InChI is InChI=1S/C13H15N5OS/c19-13-17-6-4-15-9-12(17)16-18(13)7-5-14-3-1-11-2-8-20-10-11/h2,4,6,8-10,14H,1,3,5,7H2. The number of aromatic nitrogens is 4. The van der Waals surface area contributed by atoms with Crippen molar-refractivity contribution in [2.75, 3.05) is 13.1 Å². The molecule has 0 aliphatic heterocycles. The molecular formula is C13H15N5OS. The van der Waals surface area contributed by atoms with E-state index >= 15 is 0 Å². The third-order valence-corrected chi connectivity index (χ3v) is 3.79. The topological polar surface area (TPSA) is 64.2 Å². The van der Waals surface area contributed by atoms with E-state index in [1.807, 2.05) is 0 Å². The number of hydrogen-bond acceptors (Lipinski definition) is 5. The minimum absolute atomic E-state index is 0.123. The highest BCUT2D eigenvalue weighted by molar-refractivity contribution is 7.07. The molecule has 1 N–H and O–H groups in total. The van der Waals surface area contributed by atoms with Gasteiger partial charge in [0.05, 0.1) is 12.7 Å². The van der Waals surface area contributed by atoms with Crippen LogP contribution in [0.3, 0.4) is 0 Å². The third-order valence-electron chi connectivity index (χ3n) is 3.06. The molecule has 3 rings (SSSR count). The van der Waals surface area contributed by atoms with Gasteiger partial charge in [-0.05, 0) is 35.4 Å². The summed E-state index contributed by atoms with van der Waals surface area (Å²) in [7, 11) is 0. The average molecular weight is 289 g/mol. The Morgan fingerprint density at radius 1 is 1.35 bits per heavy atom. The maximum absolute atomic E-state index is 12.0. The van der Waals surface area contributed by atoms with Gasteiger partial charge in [-0.1, -0.05) is 0 Å². The first-order valence-corrected chi connectivity index (χ1v) is 7.40. The van der Waals surface area contributed by atoms with Gasteiger partial charge in [-0.2, -0.15) is 11.3 Å². The van der Waals surface area contributed by atoms with Gasteiger partial charge in [-0.15, -0.1) is 5.10 Å². The molecule has 3 heterocycles. The zero-order chi connectivity index (χ0) is 13.8. The summed E-state index contributed by atoms with van der Waals surface area (Å²) in [6.07, 6.45) is 5.81. The molecule has 0 aliphatic carbocycles. The second kappa shape index (κ2) is 5.98. The van der Waals surface area contributed by atoms with Crippen LogP contribution in [0, 0.1) is 0 Å². The largest absolute Gasteiger partial charge is 0.350 e. The van der Waals surface area contributed by atoms with Crippen LogP contribution in [0.2, 0.25) is 0 Å². The molecule has 0 spiro atoms. The van der Waals surface area contributed by atoms with Gasteiger partial charge in [0.2, 0.25) is 0 Å². The Morgan fingerprint density at radius 2 is 2.30 bits per heavy atom. The molecule has 0 amide bonds. The zero-order valence-corrected chi connectivity index (χ0v) is 11.7. The second-order valence-electron chi connectivity index (χ2n) is 4.44. The molecule has 7 heteroatoms. The monoisotopic (exact) mass is 289 g/mol. The quantitative estimate of drug-likeness (QED) is 0.681. The first-order valence-electron chi connectivity index (χ1n) is 6.45. The predicted octanol–water partition coefficient (Wildman–Crippen LogP) is 0.785. The normalized spacial score (nSPS) is 11.2. The summed E-state index contributed by atoms with van der Waals surface area (Å²) in [5.41, 5.74) is 1.80.